The zero-order valence-corrected chi connectivity index (χ0v) is 64.2. The molecular weight excluding hydrogens is 1420 g/mol. The number of benzene rings is 6. The van der Waals surface area contributed by atoms with Crippen molar-refractivity contribution >= 4 is 77.3 Å². The van der Waals surface area contributed by atoms with Crippen molar-refractivity contribution in [2.45, 2.75) is 267 Å². The lowest BCUT2D eigenvalue weighted by atomic mass is 9.88. The van der Waals surface area contributed by atoms with Crippen LogP contribution >= 0.6 is 0 Å². The molecule has 2 heterocycles. The summed E-state index contributed by atoms with van der Waals surface area (Å²) in [6, 6.07) is 56.9. The van der Waals surface area contributed by atoms with Crippen LogP contribution in [0.3, 0.4) is 0 Å². The molecule has 6 aromatic carbocycles. The Bertz CT molecular complexity index is 3930. The van der Waals surface area contributed by atoms with Gasteiger partial charge in [0.25, 0.3) is 0 Å². The van der Waals surface area contributed by atoms with E-state index in [0.29, 0.717) is 9.79 Å². The smallest absolute Gasteiger partial charge is 0.309 e. The van der Waals surface area contributed by atoms with E-state index in [4.69, 9.17) is 28.4 Å². The Morgan fingerprint density at radius 2 is 0.679 bits per heavy atom. The SMILES string of the molecule is CC(CC(=O)OC1C2CC3C(=O)OC1C3C2)C(=O)OC1C2CC3C(=O)OC1C3C2.CC(CC(=O)OC1CCCCC1)C(=O)OC1CCCCC1.O=S(=O)(c1ccc([S+](c2ccccc2)c2ccccc2)cc1)C1CCCCC1.O=S(=O)(c1ccc([S+](c2ccccc2)c2ccccc2)cc1)C1CCCCC1. The van der Waals surface area contributed by atoms with Crippen LogP contribution in [0.15, 0.2) is 209 Å². The molecule has 0 aromatic heterocycles. The van der Waals surface area contributed by atoms with Gasteiger partial charge in [-0.25, -0.2) is 16.8 Å². The fourth-order valence-electron chi connectivity index (χ4n) is 17.8. The summed E-state index contributed by atoms with van der Waals surface area (Å²) in [5.41, 5.74) is 0. The lowest BCUT2D eigenvalue weighted by molar-refractivity contribution is -0.170. The van der Waals surface area contributed by atoms with E-state index in [1.54, 1.807) is 13.8 Å². The fourth-order valence-corrected chi connectivity index (χ4v) is 25.7. The van der Waals surface area contributed by atoms with Gasteiger partial charge in [-0.3, -0.25) is 28.8 Å². The Morgan fingerprint density at radius 3 is 1.04 bits per heavy atom. The monoisotopic (exact) mass is 1520 g/mol. The van der Waals surface area contributed by atoms with Gasteiger partial charge in [-0.2, -0.15) is 0 Å². The van der Waals surface area contributed by atoms with Gasteiger partial charge in [-0.1, -0.05) is 138 Å². The third-order valence-corrected chi connectivity index (χ3v) is 32.5. The summed E-state index contributed by atoms with van der Waals surface area (Å²) in [7, 11) is -6.96. The molecule has 0 N–H and O–H groups in total. The maximum Gasteiger partial charge on any atom is 0.309 e. The van der Waals surface area contributed by atoms with Crippen LogP contribution in [0, 0.1) is 47.3 Å². The highest BCUT2D eigenvalue weighted by atomic mass is 32.2. The quantitative estimate of drug-likeness (QED) is 0.0393. The molecular formula is C86H102O16S4+2. The third kappa shape index (κ3) is 18.2. The number of rotatable bonds is 20. The molecule has 0 amide bonds. The number of carbonyl (C=O) groups is 6. The van der Waals surface area contributed by atoms with Crippen molar-refractivity contribution in [3.05, 3.63) is 170 Å². The molecule has 16 rings (SSSR count). The van der Waals surface area contributed by atoms with Crippen molar-refractivity contribution in [2.24, 2.45) is 47.3 Å². The van der Waals surface area contributed by atoms with Crippen LogP contribution in [0.2, 0.25) is 0 Å². The minimum Gasteiger partial charge on any atom is -0.462 e. The minimum atomic E-state index is -3.23. The molecule has 16 nitrogen and oxygen atoms in total. The van der Waals surface area contributed by atoms with Crippen molar-refractivity contribution in [3.63, 3.8) is 0 Å². The second-order valence-corrected chi connectivity index (χ2v) is 39.2. The Labute approximate surface area is 631 Å². The summed E-state index contributed by atoms with van der Waals surface area (Å²) in [6.07, 6.45) is 22.4. The lowest BCUT2D eigenvalue weighted by Crippen LogP contribution is -2.38. The van der Waals surface area contributed by atoms with E-state index < -0.39 is 49.6 Å². The number of ether oxygens (including phenoxy) is 6. The van der Waals surface area contributed by atoms with Gasteiger partial charge in [0.15, 0.2) is 49.0 Å². The average Bonchev–Trinajstić information content (AvgIpc) is 1.58. The van der Waals surface area contributed by atoms with Crippen molar-refractivity contribution in [3.8, 4) is 0 Å². The zero-order chi connectivity index (χ0) is 73.9. The summed E-state index contributed by atoms with van der Waals surface area (Å²) in [5.74, 6) is -2.19. The van der Waals surface area contributed by atoms with E-state index in [1.165, 1.54) is 32.4 Å². The highest BCUT2D eigenvalue weighted by molar-refractivity contribution is 7.97. The maximum absolute atomic E-state index is 13.0. The summed E-state index contributed by atoms with van der Waals surface area (Å²) in [5, 5.41) is -0.429. The predicted molar refractivity (Wildman–Crippen MR) is 404 cm³/mol. The molecule has 0 spiro atoms. The number of fused-ring (bicyclic) bond motifs is 2. The lowest BCUT2D eigenvalue weighted by Gasteiger charge is -2.27. The van der Waals surface area contributed by atoms with Crippen LogP contribution in [0.4, 0.5) is 0 Å². The predicted octanol–water partition coefficient (Wildman–Crippen LogP) is 16.5. The first-order valence-corrected chi connectivity index (χ1v) is 44.5. The summed E-state index contributed by atoms with van der Waals surface area (Å²) < 4.78 is 85.1. The Morgan fingerprint density at radius 1 is 0.377 bits per heavy atom. The normalized spacial score (nSPS) is 26.0. The molecule has 8 saturated carbocycles. The first kappa shape index (κ1) is 76.9. The van der Waals surface area contributed by atoms with E-state index in [0.717, 1.165) is 151 Å². The van der Waals surface area contributed by atoms with Crippen molar-refractivity contribution < 1.29 is 74.0 Å². The number of esters is 6. The summed E-state index contributed by atoms with van der Waals surface area (Å²) >= 11 is 0. The van der Waals surface area contributed by atoms with Crippen LogP contribution in [0.1, 0.15) is 181 Å². The number of hydrogen-bond acceptors (Lipinski definition) is 16. The molecule has 2 aliphatic heterocycles. The summed E-state index contributed by atoms with van der Waals surface area (Å²) in [6.45, 7) is 3.40. The van der Waals surface area contributed by atoms with Crippen LogP contribution in [0.5, 0.6) is 0 Å². The minimum absolute atomic E-state index is 0.0279. The molecule has 2 saturated heterocycles. The van der Waals surface area contributed by atoms with Crippen molar-refractivity contribution in [2.75, 3.05) is 0 Å². The van der Waals surface area contributed by atoms with E-state index in [-0.39, 0.29) is 135 Å². The van der Waals surface area contributed by atoms with Gasteiger partial charge in [-0.15, -0.1) is 0 Å². The van der Waals surface area contributed by atoms with Crippen molar-refractivity contribution in [1.82, 2.24) is 0 Å². The first-order valence-electron chi connectivity index (χ1n) is 39.0. The van der Waals surface area contributed by atoms with Crippen LogP contribution in [0.25, 0.3) is 0 Å². The van der Waals surface area contributed by atoms with Crippen LogP contribution in [-0.2, 0) is 98.7 Å². The highest BCUT2D eigenvalue weighted by Gasteiger charge is 2.65. The molecule has 12 atom stereocenters. The maximum atomic E-state index is 13.0. The summed E-state index contributed by atoms with van der Waals surface area (Å²) in [4.78, 5) is 80.7. The van der Waals surface area contributed by atoms with Crippen LogP contribution in [-0.4, -0.2) is 99.8 Å². The van der Waals surface area contributed by atoms with Gasteiger partial charge in [0.05, 0.1) is 78.6 Å². The van der Waals surface area contributed by atoms with E-state index in [1.807, 2.05) is 72.8 Å². The molecule has 10 aliphatic rings. The molecule has 564 valence electrons. The molecule has 6 aromatic rings. The Hall–Kier alpha value is -7.26. The second kappa shape index (κ2) is 35.4. The Balaban J connectivity index is 0.000000126. The van der Waals surface area contributed by atoms with Gasteiger partial charge in [0.1, 0.15) is 36.6 Å². The standard InChI is InChI=1S/2C24H25O2S2.C21H24O8.C17H28O4/c2*25-28(26,23-14-8-3-9-15-23)24-18-16-22(17-19-24)27(20-10-4-1-5-11-20)21-12-6-2-7-13-21;1-7(19(23)27-16-9-4-11-13(6-9)21(25)29-18(11)16)2-14(22)26-15-8-3-10-12(5-8)20(24)28-17(10)15;1-13(17(19)21-15-10-6-3-7-11-15)12-16(18)20-14-8-4-2-5-9-14/h2*1-2,4-7,10-13,16-19,23H,3,8-9,14-15H2;7-13,15-18H,2-6H2,1H3;13-15H,2-12H2,1H3/q2*+1;;. The first-order chi connectivity index (χ1) is 51.4. The van der Waals surface area contributed by atoms with E-state index in [2.05, 4.69) is 97.1 Å². The van der Waals surface area contributed by atoms with Gasteiger partial charge in [0.2, 0.25) is 0 Å². The largest absolute Gasteiger partial charge is 0.462 e. The zero-order valence-electron chi connectivity index (χ0n) is 61.0. The average molecular weight is 1520 g/mol. The Kier molecular flexibility index (Phi) is 25.7. The molecule has 0 radical (unpaired) electrons. The topological polar surface area (TPSA) is 226 Å². The number of carbonyl (C=O) groups excluding carboxylic acids is 6. The number of hydrogen-bond donors (Lipinski definition) is 0. The van der Waals surface area contributed by atoms with Crippen molar-refractivity contribution in [1.29, 1.82) is 0 Å². The molecule has 12 unspecified atom stereocenters. The third-order valence-electron chi connectivity index (χ3n) is 23.5. The van der Waals surface area contributed by atoms with E-state index in [9.17, 15) is 45.6 Å². The van der Waals surface area contributed by atoms with Crippen LogP contribution < -0.4 is 0 Å². The van der Waals surface area contributed by atoms with Gasteiger partial charge in [0, 0.05) is 23.7 Å². The fraction of sp³-hybridized carbons (Fsp3) is 0.512. The number of sulfone groups is 2. The second-order valence-electron chi connectivity index (χ2n) is 30.7. The molecule has 8 aliphatic carbocycles. The molecule has 4 bridgehead atoms. The molecule has 106 heavy (non-hydrogen) atoms. The van der Waals surface area contributed by atoms with Gasteiger partial charge >= 0.3 is 35.8 Å². The molecule has 20 heteroatoms. The van der Waals surface area contributed by atoms with Gasteiger partial charge in [-0.05, 0) is 200 Å². The molecule has 10 fully saturated rings. The van der Waals surface area contributed by atoms with Gasteiger partial charge < -0.3 is 28.4 Å². The highest BCUT2D eigenvalue weighted by Crippen LogP contribution is 2.57. The van der Waals surface area contributed by atoms with E-state index >= 15 is 0 Å².